The highest BCUT2D eigenvalue weighted by Gasteiger charge is 2.34. The lowest BCUT2D eigenvalue weighted by Gasteiger charge is -2.17. The van der Waals surface area contributed by atoms with E-state index in [0.29, 0.717) is 11.5 Å². The first-order valence-corrected chi connectivity index (χ1v) is 6.70. The van der Waals surface area contributed by atoms with Crippen LogP contribution in [0.1, 0.15) is 39.2 Å². The van der Waals surface area contributed by atoms with E-state index in [1.807, 2.05) is 28.9 Å². The Morgan fingerprint density at radius 3 is 2.79 bits per heavy atom. The number of anilines is 1. The van der Waals surface area contributed by atoms with Crippen LogP contribution < -0.4 is 5.73 Å². The third-order valence-electron chi connectivity index (χ3n) is 3.98. The average Bonchev–Trinajstić information content (AvgIpc) is 2.96. The number of nitrogens with two attached hydrogens (primary N) is 1. The fourth-order valence-corrected chi connectivity index (χ4v) is 2.93. The second-order valence-electron chi connectivity index (χ2n) is 6.10. The van der Waals surface area contributed by atoms with Crippen molar-refractivity contribution in [1.29, 1.82) is 0 Å². The highest BCUT2D eigenvalue weighted by molar-refractivity contribution is 5.71. The first-order valence-electron chi connectivity index (χ1n) is 6.70. The molecule has 1 saturated carbocycles. The van der Waals surface area contributed by atoms with E-state index in [0.717, 1.165) is 29.9 Å². The molecule has 19 heavy (non-hydrogen) atoms. The van der Waals surface area contributed by atoms with Gasteiger partial charge in [0, 0.05) is 11.3 Å². The number of hydrogen-bond acceptors (Lipinski definition) is 4. The molecule has 1 fully saturated rings. The van der Waals surface area contributed by atoms with Crippen LogP contribution in [0.25, 0.3) is 11.4 Å². The van der Waals surface area contributed by atoms with Gasteiger partial charge < -0.3 is 5.73 Å². The Bertz CT molecular complexity index is 587. The van der Waals surface area contributed by atoms with Crippen molar-refractivity contribution in [3.8, 4) is 11.4 Å². The number of tetrazole rings is 1. The fraction of sp³-hybridized carbons (Fsp3) is 0.500. The lowest BCUT2D eigenvalue weighted by atomic mass is 9.92. The fourth-order valence-electron chi connectivity index (χ4n) is 2.93. The standard InChI is InChI=1S/C14H19N5/c1-14(2)8-7-10(9-14)19-13(16-17-18-19)11-5-3-4-6-12(11)15/h3-6,10H,7-9,15H2,1-2H3. The summed E-state index contributed by atoms with van der Waals surface area (Å²) < 4.78 is 1.94. The molecule has 1 heterocycles. The van der Waals surface area contributed by atoms with E-state index in [1.165, 1.54) is 6.42 Å². The minimum atomic E-state index is 0.371. The van der Waals surface area contributed by atoms with Gasteiger partial charge in [-0.25, -0.2) is 4.68 Å². The summed E-state index contributed by atoms with van der Waals surface area (Å²) in [4.78, 5) is 0. The van der Waals surface area contributed by atoms with Crippen molar-refractivity contribution >= 4 is 5.69 Å². The molecule has 0 saturated heterocycles. The summed E-state index contributed by atoms with van der Waals surface area (Å²) >= 11 is 0. The van der Waals surface area contributed by atoms with Crippen LogP contribution in [-0.4, -0.2) is 20.2 Å². The van der Waals surface area contributed by atoms with Gasteiger partial charge >= 0.3 is 0 Å². The Balaban J connectivity index is 1.98. The zero-order valence-corrected chi connectivity index (χ0v) is 11.4. The molecule has 3 rings (SSSR count). The van der Waals surface area contributed by atoms with Gasteiger partial charge in [-0.05, 0) is 47.2 Å². The third-order valence-corrected chi connectivity index (χ3v) is 3.98. The Morgan fingerprint density at radius 2 is 2.11 bits per heavy atom. The average molecular weight is 257 g/mol. The van der Waals surface area contributed by atoms with Gasteiger partial charge in [0.1, 0.15) is 0 Å². The lowest BCUT2D eigenvalue weighted by Crippen LogP contribution is -2.12. The van der Waals surface area contributed by atoms with Crippen LogP contribution in [0.5, 0.6) is 0 Å². The summed E-state index contributed by atoms with van der Waals surface area (Å²) in [6, 6.07) is 8.11. The molecule has 1 atom stereocenters. The zero-order valence-electron chi connectivity index (χ0n) is 11.4. The molecule has 0 radical (unpaired) electrons. The van der Waals surface area contributed by atoms with Crippen LogP contribution in [0.4, 0.5) is 5.69 Å². The highest BCUT2D eigenvalue weighted by Crippen LogP contribution is 2.44. The molecule has 1 aliphatic carbocycles. The monoisotopic (exact) mass is 257 g/mol. The minimum Gasteiger partial charge on any atom is -0.398 e. The summed E-state index contributed by atoms with van der Waals surface area (Å²) in [5.41, 5.74) is 8.03. The topological polar surface area (TPSA) is 69.6 Å². The van der Waals surface area contributed by atoms with Crippen LogP contribution in [0.15, 0.2) is 24.3 Å². The van der Waals surface area contributed by atoms with Crippen molar-refractivity contribution in [3.05, 3.63) is 24.3 Å². The first-order chi connectivity index (χ1) is 9.07. The highest BCUT2D eigenvalue weighted by atomic mass is 15.5. The minimum absolute atomic E-state index is 0.371. The Morgan fingerprint density at radius 1 is 1.32 bits per heavy atom. The van der Waals surface area contributed by atoms with Crippen molar-refractivity contribution in [2.24, 2.45) is 5.41 Å². The molecule has 100 valence electrons. The number of benzene rings is 1. The van der Waals surface area contributed by atoms with E-state index >= 15 is 0 Å². The van der Waals surface area contributed by atoms with E-state index < -0.39 is 0 Å². The maximum absolute atomic E-state index is 6.02. The zero-order chi connectivity index (χ0) is 13.5. The maximum atomic E-state index is 6.02. The Labute approximate surface area is 112 Å². The summed E-state index contributed by atoms with van der Waals surface area (Å²) in [5.74, 6) is 0.779. The van der Waals surface area contributed by atoms with E-state index in [9.17, 15) is 0 Å². The third kappa shape index (κ3) is 2.20. The number of para-hydroxylation sites is 1. The van der Waals surface area contributed by atoms with Crippen LogP contribution in [0.2, 0.25) is 0 Å². The van der Waals surface area contributed by atoms with Gasteiger partial charge in [-0.2, -0.15) is 0 Å². The van der Waals surface area contributed by atoms with Gasteiger partial charge in [-0.3, -0.25) is 0 Å². The van der Waals surface area contributed by atoms with Gasteiger partial charge in [0.25, 0.3) is 0 Å². The van der Waals surface area contributed by atoms with Crippen molar-refractivity contribution in [1.82, 2.24) is 20.2 Å². The SMILES string of the molecule is CC1(C)CCC(n2nnnc2-c2ccccc2N)C1. The van der Waals surface area contributed by atoms with Crippen molar-refractivity contribution < 1.29 is 0 Å². The maximum Gasteiger partial charge on any atom is 0.184 e. The summed E-state index contributed by atoms with van der Waals surface area (Å²) in [5, 5.41) is 12.2. The normalized spacial score (nSPS) is 21.7. The number of rotatable bonds is 2. The Hall–Kier alpha value is -1.91. The van der Waals surface area contributed by atoms with E-state index in [4.69, 9.17) is 5.73 Å². The molecule has 2 aromatic rings. The number of hydrogen-bond donors (Lipinski definition) is 1. The molecule has 1 aliphatic rings. The smallest absolute Gasteiger partial charge is 0.184 e. The summed E-state index contributed by atoms with van der Waals surface area (Å²) in [7, 11) is 0. The van der Waals surface area contributed by atoms with Crippen molar-refractivity contribution in [2.45, 2.75) is 39.2 Å². The largest absolute Gasteiger partial charge is 0.398 e. The molecule has 5 heteroatoms. The van der Waals surface area contributed by atoms with E-state index in [2.05, 4.69) is 29.4 Å². The van der Waals surface area contributed by atoms with Crippen LogP contribution in [0, 0.1) is 5.41 Å². The van der Waals surface area contributed by atoms with Gasteiger partial charge in [-0.15, -0.1) is 5.10 Å². The molecule has 1 aromatic heterocycles. The quantitative estimate of drug-likeness (QED) is 0.840. The molecule has 0 spiro atoms. The molecule has 0 aliphatic heterocycles. The summed E-state index contributed by atoms with van der Waals surface area (Å²) in [6.07, 6.45) is 3.44. The molecule has 1 aromatic carbocycles. The van der Waals surface area contributed by atoms with Crippen LogP contribution in [0.3, 0.4) is 0 Å². The molecule has 0 bridgehead atoms. The first kappa shape index (κ1) is 12.1. The molecular formula is C14H19N5. The molecule has 2 N–H and O–H groups in total. The number of nitrogen functional groups attached to an aromatic ring is 1. The Kier molecular flexibility index (Phi) is 2.77. The van der Waals surface area contributed by atoms with Gasteiger partial charge in [0.15, 0.2) is 5.82 Å². The summed E-state index contributed by atoms with van der Waals surface area (Å²) in [6.45, 7) is 4.60. The van der Waals surface area contributed by atoms with Crippen LogP contribution in [-0.2, 0) is 0 Å². The second-order valence-corrected chi connectivity index (χ2v) is 6.10. The van der Waals surface area contributed by atoms with E-state index in [1.54, 1.807) is 0 Å². The second kappa shape index (κ2) is 4.33. The van der Waals surface area contributed by atoms with Crippen molar-refractivity contribution in [2.75, 3.05) is 5.73 Å². The van der Waals surface area contributed by atoms with Gasteiger partial charge in [-0.1, -0.05) is 26.0 Å². The van der Waals surface area contributed by atoms with Crippen molar-refractivity contribution in [3.63, 3.8) is 0 Å². The molecular weight excluding hydrogens is 238 g/mol. The number of nitrogens with zero attached hydrogens (tertiary/aromatic N) is 4. The molecule has 5 nitrogen and oxygen atoms in total. The van der Waals surface area contributed by atoms with E-state index in [-0.39, 0.29) is 0 Å². The van der Waals surface area contributed by atoms with Gasteiger partial charge in [0.05, 0.1) is 6.04 Å². The lowest BCUT2D eigenvalue weighted by molar-refractivity contribution is 0.349. The molecule has 0 amide bonds. The predicted octanol–water partition coefficient (Wildman–Crippen LogP) is 2.67. The van der Waals surface area contributed by atoms with Crippen LogP contribution >= 0.6 is 0 Å². The molecule has 1 unspecified atom stereocenters. The van der Waals surface area contributed by atoms with Gasteiger partial charge in [0.2, 0.25) is 0 Å². The predicted molar refractivity (Wildman–Crippen MR) is 74.3 cm³/mol. The number of aromatic nitrogens is 4.